The normalized spacial score (nSPS) is 16.1. The van der Waals surface area contributed by atoms with Gasteiger partial charge in [-0.25, -0.2) is 4.39 Å². The molecule has 0 saturated carbocycles. The summed E-state index contributed by atoms with van der Waals surface area (Å²) in [6, 6.07) is 10.8. The minimum Gasteiger partial charge on any atom is -0.493 e. The van der Waals surface area contributed by atoms with Gasteiger partial charge in [0.15, 0.2) is 0 Å². The van der Waals surface area contributed by atoms with Gasteiger partial charge < -0.3 is 19.9 Å². The molecule has 0 amide bonds. The Labute approximate surface area is 197 Å². The second-order valence-corrected chi connectivity index (χ2v) is 8.83. The molecule has 7 nitrogen and oxygen atoms in total. The molecule has 0 aliphatic carbocycles. The molecule has 34 heavy (non-hydrogen) atoms. The number of halogens is 1. The predicted molar refractivity (Wildman–Crippen MR) is 131 cm³/mol. The minimum absolute atomic E-state index is 0.0300. The van der Waals surface area contributed by atoms with Gasteiger partial charge in [-0.15, -0.1) is 0 Å². The number of anilines is 2. The van der Waals surface area contributed by atoms with Gasteiger partial charge in [0, 0.05) is 50.5 Å². The fourth-order valence-electron chi connectivity index (χ4n) is 4.98. The SMILES string of the molecule is CCOc1cc(CN2CCN(c3ccc(C#N)c(F)c3)CC2)cc2[nH]c(=O)c3c(c12)NCCC3. The first-order valence-corrected chi connectivity index (χ1v) is 11.8. The van der Waals surface area contributed by atoms with Crippen LogP contribution in [-0.4, -0.2) is 49.2 Å². The highest BCUT2D eigenvalue weighted by Crippen LogP contribution is 2.36. The van der Waals surface area contributed by atoms with Crippen molar-refractivity contribution in [3.8, 4) is 11.8 Å². The Hall–Kier alpha value is -3.57. The summed E-state index contributed by atoms with van der Waals surface area (Å²) in [6.45, 7) is 7.29. The van der Waals surface area contributed by atoms with E-state index in [1.807, 2.05) is 13.0 Å². The number of fused-ring (bicyclic) bond motifs is 3. The molecule has 0 spiro atoms. The third kappa shape index (κ3) is 4.19. The third-order valence-electron chi connectivity index (χ3n) is 6.66. The van der Waals surface area contributed by atoms with E-state index in [0.29, 0.717) is 6.61 Å². The third-order valence-corrected chi connectivity index (χ3v) is 6.66. The summed E-state index contributed by atoms with van der Waals surface area (Å²) in [6.07, 6.45) is 1.72. The van der Waals surface area contributed by atoms with Crippen LogP contribution in [-0.2, 0) is 13.0 Å². The van der Waals surface area contributed by atoms with Gasteiger partial charge in [-0.3, -0.25) is 9.69 Å². The monoisotopic (exact) mass is 461 g/mol. The predicted octanol–water partition coefficient (Wildman–Crippen LogP) is 3.62. The molecule has 0 unspecified atom stereocenters. The zero-order valence-corrected chi connectivity index (χ0v) is 19.3. The number of piperazine rings is 1. The molecule has 2 aromatic carbocycles. The van der Waals surface area contributed by atoms with Crippen LogP contribution in [0.4, 0.5) is 15.8 Å². The molecule has 2 aliphatic rings. The smallest absolute Gasteiger partial charge is 0.253 e. The number of nitrogens with one attached hydrogen (secondary N) is 2. The summed E-state index contributed by atoms with van der Waals surface area (Å²) in [7, 11) is 0. The molecule has 1 saturated heterocycles. The highest BCUT2D eigenvalue weighted by Gasteiger charge is 2.22. The number of rotatable bonds is 5. The molecule has 1 fully saturated rings. The summed E-state index contributed by atoms with van der Waals surface area (Å²) in [4.78, 5) is 20.3. The van der Waals surface area contributed by atoms with Crippen molar-refractivity contribution in [2.24, 2.45) is 0 Å². The van der Waals surface area contributed by atoms with Crippen LogP contribution < -0.4 is 20.5 Å². The number of benzene rings is 2. The van der Waals surface area contributed by atoms with Gasteiger partial charge in [-0.05, 0) is 55.7 Å². The Kier molecular flexibility index (Phi) is 6.12. The Balaban J connectivity index is 1.36. The minimum atomic E-state index is -0.479. The van der Waals surface area contributed by atoms with Crippen molar-refractivity contribution < 1.29 is 9.13 Å². The molecule has 176 valence electrons. The van der Waals surface area contributed by atoms with Crippen LogP contribution in [0.5, 0.6) is 5.75 Å². The summed E-state index contributed by atoms with van der Waals surface area (Å²) in [5, 5.41) is 13.3. The number of aromatic nitrogens is 1. The molecular formula is C26H28FN5O2. The summed E-state index contributed by atoms with van der Waals surface area (Å²) < 4.78 is 20.0. The zero-order chi connectivity index (χ0) is 23.7. The molecule has 3 heterocycles. The van der Waals surface area contributed by atoms with Gasteiger partial charge in [0.25, 0.3) is 5.56 Å². The zero-order valence-electron chi connectivity index (χ0n) is 19.3. The largest absolute Gasteiger partial charge is 0.493 e. The van der Waals surface area contributed by atoms with E-state index in [1.54, 1.807) is 6.07 Å². The lowest BCUT2D eigenvalue weighted by atomic mass is 9.99. The van der Waals surface area contributed by atoms with Crippen LogP contribution in [0.1, 0.15) is 30.0 Å². The van der Waals surface area contributed by atoms with Crippen molar-refractivity contribution in [1.82, 2.24) is 9.88 Å². The van der Waals surface area contributed by atoms with Crippen LogP contribution in [0, 0.1) is 17.1 Å². The van der Waals surface area contributed by atoms with E-state index in [4.69, 9.17) is 10.00 Å². The van der Waals surface area contributed by atoms with E-state index in [2.05, 4.69) is 32.2 Å². The van der Waals surface area contributed by atoms with Gasteiger partial charge in [0.05, 0.1) is 28.8 Å². The Bertz CT molecular complexity index is 1320. The van der Waals surface area contributed by atoms with Crippen molar-refractivity contribution in [2.45, 2.75) is 26.3 Å². The fourth-order valence-corrected chi connectivity index (χ4v) is 4.98. The molecule has 2 N–H and O–H groups in total. The highest BCUT2D eigenvalue weighted by molar-refractivity contribution is 5.98. The topological polar surface area (TPSA) is 84.4 Å². The first-order valence-electron chi connectivity index (χ1n) is 11.8. The molecule has 1 aromatic heterocycles. The molecule has 0 bridgehead atoms. The quantitative estimate of drug-likeness (QED) is 0.604. The maximum Gasteiger partial charge on any atom is 0.253 e. The van der Waals surface area contributed by atoms with Gasteiger partial charge in [-0.1, -0.05) is 0 Å². The number of H-pyrrole nitrogens is 1. The van der Waals surface area contributed by atoms with Gasteiger partial charge >= 0.3 is 0 Å². The average molecular weight is 462 g/mol. The number of nitriles is 1. The van der Waals surface area contributed by atoms with E-state index in [9.17, 15) is 9.18 Å². The summed E-state index contributed by atoms with van der Waals surface area (Å²) >= 11 is 0. The maximum atomic E-state index is 14.0. The van der Waals surface area contributed by atoms with Crippen LogP contribution in [0.15, 0.2) is 35.1 Å². The average Bonchev–Trinajstić information content (AvgIpc) is 2.84. The molecule has 0 atom stereocenters. The van der Waals surface area contributed by atoms with Crippen LogP contribution in [0.2, 0.25) is 0 Å². The molecule has 8 heteroatoms. The van der Waals surface area contributed by atoms with Crippen molar-refractivity contribution in [3.63, 3.8) is 0 Å². The number of hydrogen-bond donors (Lipinski definition) is 2. The lowest BCUT2D eigenvalue weighted by Gasteiger charge is -2.36. The van der Waals surface area contributed by atoms with E-state index in [0.717, 1.165) is 91.3 Å². The second-order valence-electron chi connectivity index (χ2n) is 8.83. The van der Waals surface area contributed by atoms with Crippen molar-refractivity contribution >= 4 is 22.3 Å². The standard InChI is InChI=1S/C26H28FN5O2/c1-2-34-23-13-17(12-22-24(23)25-20(26(33)30-22)4-3-7-29-25)16-31-8-10-32(11-9-31)19-6-5-18(15-28)21(27)14-19/h5-6,12-14,29H,2-4,7-11,16H2,1H3,(H,30,33). The van der Waals surface area contributed by atoms with Crippen LogP contribution in [0.25, 0.3) is 10.9 Å². The van der Waals surface area contributed by atoms with E-state index in [1.165, 1.54) is 12.1 Å². The van der Waals surface area contributed by atoms with Gasteiger partial charge in [-0.2, -0.15) is 5.26 Å². The first-order chi connectivity index (χ1) is 16.6. The van der Waals surface area contributed by atoms with Gasteiger partial charge in [0.2, 0.25) is 0 Å². The van der Waals surface area contributed by atoms with E-state index < -0.39 is 5.82 Å². The maximum absolute atomic E-state index is 14.0. The fraction of sp³-hybridized carbons (Fsp3) is 0.385. The lowest BCUT2D eigenvalue weighted by molar-refractivity contribution is 0.249. The molecule has 0 radical (unpaired) electrons. The van der Waals surface area contributed by atoms with Crippen molar-refractivity contribution in [1.29, 1.82) is 5.26 Å². The second kappa shape index (κ2) is 9.35. The molecule has 5 rings (SSSR count). The number of hydrogen-bond acceptors (Lipinski definition) is 6. The molecule has 3 aromatic rings. The highest BCUT2D eigenvalue weighted by atomic mass is 19.1. The number of nitrogens with zero attached hydrogens (tertiary/aromatic N) is 3. The summed E-state index contributed by atoms with van der Waals surface area (Å²) in [5.41, 5.74) is 4.43. The lowest BCUT2D eigenvalue weighted by Crippen LogP contribution is -2.46. The van der Waals surface area contributed by atoms with Crippen molar-refractivity contribution in [2.75, 3.05) is 49.5 Å². The Morgan fingerprint density at radius 2 is 2.00 bits per heavy atom. The first kappa shape index (κ1) is 22.2. The number of ether oxygens (including phenoxy) is 1. The van der Waals surface area contributed by atoms with E-state index in [-0.39, 0.29) is 11.1 Å². The molecule has 2 aliphatic heterocycles. The van der Waals surface area contributed by atoms with Crippen LogP contribution >= 0.6 is 0 Å². The Morgan fingerprint density at radius 3 is 2.74 bits per heavy atom. The number of aromatic amines is 1. The van der Waals surface area contributed by atoms with Crippen LogP contribution in [0.3, 0.4) is 0 Å². The summed E-state index contributed by atoms with van der Waals surface area (Å²) in [5.74, 6) is 0.316. The van der Waals surface area contributed by atoms with E-state index >= 15 is 0 Å². The van der Waals surface area contributed by atoms with Gasteiger partial charge in [0.1, 0.15) is 17.6 Å². The molecular weight excluding hydrogens is 433 g/mol. The number of pyridine rings is 1. The Morgan fingerprint density at radius 1 is 1.18 bits per heavy atom. The van der Waals surface area contributed by atoms with Crippen molar-refractivity contribution in [3.05, 3.63) is 63.2 Å².